The van der Waals surface area contributed by atoms with Crippen molar-refractivity contribution in [3.05, 3.63) is 53.3 Å². The summed E-state index contributed by atoms with van der Waals surface area (Å²) in [6.07, 6.45) is -0.164. The van der Waals surface area contributed by atoms with Gasteiger partial charge in [0.2, 0.25) is 0 Å². The third-order valence-corrected chi connectivity index (χ3v) is 3.93. The molecular weight excluding hydrogens is 300 g/mol. The minimum atomic E-state index is -2.43. The molecule has 1 aliphatic carbocycles. The molecule has 4 rings (SSSR count). The molecule has 7 heteroatoms. The monoisotopic (exact) mass is 315 g/mol. The van der Waals surface area contributed by atoms with Crippen LogP contribution in [-0.2, 0) is 6.54 Å². The Bertz CT molecular complexity index is 824. The molecule has 0 radical (unpaired) electrons. The molecule has 2 heterocycles. The van der Waals surface area contributed by atoms with E-state index in [1.807, 2.05) is 12.1 Å². The van der Waals surface area contributed by atoms with Crippen molar-refractivity contribution in [1.82, 2.24) is 19.8 Å². The average Bonchev–Trinajstić information content (AvgIpc) is 3.33. The predicted molar refractivity (Wildman–Crippen MR) is 81.5 cm³/mol. The number of anilines is 1. The van der Waals surface area contributed by atoms with Gasteiger partial charge in [0.15, 0.2) is 11.5 Å². The molecule has 1 aliphatic rings. The Labute approximate surface area is 131 Å². The van der Waals surface area contributed by atoms with Crippen LogP contribution in [0.4, 0.5) is 14.6 Å². The van der Waals surface area contributed by atoms with Gasteiger partial charge in [-0.1, -0.05) is 24.3 Å². The van der Waals surface area contributed by atoms with Gasteiger partial charge in [0.05, 0.1) is 0 Å². The zero-order valence-corrected chi connectivity index (χ0v) is 12.3. The molecule has 3 aromatic rings. The smallest absolute Gasteiger partial charge is 0.263 e. The van der Waals surface area contributed by atoms with Crippen LogP contribution in [0.5, 0.6) is 0 Å². The topological polar surface area (TPSA) is 55.1 Å². The lowest BCUT2D eigenvalue weighted by Gasteiger charge is -2.07. The van der Waals surface area contributed by atoms with Crippen molar-refractivity contribution >= 4 is 11.5 Å². The second-order valence-electron chi connectivity index (χ2n) is 5.72. The quantitative estimate of drug-likeness (QED) is 0.782. The molecule has 0 amide bonds. The highest BCUT2D eigenvalue weighted by Gasteiger charge is 2.29. The Kier molecular flexibility index (Phi) is 3.40. The van der Waals surface area contributed by atoms with E-state index in [2.05, 4.69) is 20.6 Å². The Hall–Kier alpha value is -2.57. The number of hydrogen-bond acceptors (Lipinski definition) is 4. The van der Waals surface area contributed by atoms with Crippen LogP contribution in [0.2, 0.25) is 0 Å². The van der Waals surface area contributed by atoms with Gasteiger partial charge in [0.1, 0.15) is 5.82 Å². The number of nitrogens with one attached hydrogen (secondary N) is 1. The summed E-state index contributed by atoms with van der Waals surface area (Å²) in [6.45, 7) is 0.517. The molecule has 0 aliphatic heterocycles. The lowest BCUT2D eigenvalue weighted by molar-refractivity contribution is 0.151. The van der Waals surface area contributed by atoms with E-state index in [0.29, 0.717) is 18.3 Å². The molecule has 2 aromatic heterocycles. The molecule has 0 saturated heterocycles. The van der Waals surface area contributed by atoms with Crippen LogP contribution in [0.3, 0.4) is 0 Å². The lowest BCUT2D eigenvalue weighted by Crippen LogP contribution is -2.05. The zero-order chi connectivity index (χ0) is 15.8. The third kappa shape index (κ3) is 2.86. The fourth-order valence-electron chi connectivity index (χ4n) is 2.47. The first-order valence-electron chi connectivity index (χ1n) is 7.54. The number of aromatic nitrogens is 4. The second kappa shape index (κ2) is 5.57. The molecule has 1 aromatic carbocycles. The number of alkyl halides is 2. The van der Waals surface area contributed by atoms with Crippen LogP contribution in [0.15, 0.2) is 36.4 Å². The summed E-state index contributed by atoms with van der Waals surface area (Å²) in [5, 5.41) is 16.0. The normalized spacial score (nSPS) is 14.6. The van der Waals surface area contributed by atoms with Gasteiger partial charge in [0.25, 0.3) is 6.43 Å². The van der Waals surface area contributed by atoms with E-state index in [0.717, 1.165) is 29.9 Å². The maximum Gasteiger partial charge on any atom is 0.263 e. The first-order chi connectivity index (χ1) is 11.2. The molecule has 0 spiro atoms. The minimum absolute atomic E-state index is 0.0341. The van der Waals surface area contributed by atoms with Crippen molar-refractivity contribution in [1.29, 1.82) is 0 Å². The Balaban J connectivity index is 1.50. The van der Waals surface area contributed by atoms with Gasteiger partial charge in [0, 0.05) is 18.0 Å². The number of nitrogens with zero attached hydrogens (tertiary/aromatic N) is 4. The van der Waals surface area contributed by atoms with Gasteiger partial charge < -0.3 is 5.32 Å². The Morgan fingerprint density at radius 1 is 1.09 bits per heavy atom. The maximum atomic E-state index is 12.5. The number of halogens is 2. The highest BCUT2D eigenvalue weighted by Crippen LogP contribution is 2.38. The van der Waals surface area contributed by atoms with Crippen LogP contribution >= 0.6 is 0 Å². The van der Waals surface area contributed by atoms with Gasteiger partial charge in [-0.25, -0.2) is 8.78 Å². The van der Waals surface area contributed by atoms with Crippen molar-refractivity contribution in [3.8, 4) is 0 Å². The largest absolute Gasteiger partial charge is 0.365 e. The highest BCUT2D eigenvalue weighted by atomic mass is 19.3. The van der Waals surface area contributed by atoms with Gasteiger partial charge in [-0.2, -0.15) is 4.52 Å². The SMILES string of the molecule is FC(F)c1ccc(CNc2ccc3nnc(C4CC4)n3n2)cc1. The molecule has 1 saturated carbocycles. The molecule has 23 heavy (non-hydrogen) atoms. The molecular formula is C16H15F2N5. The molecule has 0 unspecified atom stereocenters. The van der Waals surface area contributed by atoms with E-state index < -0.39 is 6.43 Å². The van der Waals surface area contributed by atoms with Gasteiger partial charge >= 0.3 is 0 Å². The fraction of sp³-hybridized carbons (Fsp3) is 0.312. The van der Waals surface area contributed by atoms with Gasteiger partial charge in [-0.05, 0) is 30.5 Å². The molecule has 1 fully saturated rings. The lowest BCUT2D eigenvalue weighted by atomic mass is 10.1. The summed E-state index contributed by atoms with van der Waals surface area (Å²) >= 11 is 0. The fourth-order valence-corrected chi connectivity index (χ4v) is 2.47. The molecule has 118 valence electrons. The van der Waals surface area contributed by atoms with E-state index in [9.17, 15) is 8.78 Å². The van der Waals surface area contributed by atoms with E-state index in [1.54, 1.807) is 16.6 Å². The summed E-state index contributed by atoms with van der Waals surface area (Å²) in [7, 11) is 0. The molecule has 0 bridgehead atoms. The van der Waals surface area contributed by atoms with E-state index in [4.69, 9.17) is 0 Å². The molecule has 1 N–H and O–H groups in total. The van der Waals surface area contributed by atoms with Crippen LogP contribution < -0.4 is 5.32 Å². The maximum absolute atomic E-state index is 12.5. The van der Waals surface area contributed by atoms with Crippen molar-refractivity contribution in [2.75, 3.05) is 5.32 Å². The molecule has 5 nitrogen and oxygen atoms in total. The second-order valence-corrected chi connectivity index (χ2v) is 5.72. The van der Waals surface area contributed by atoms with Crippen LogP contribution in [0, 0.1) is 0 Å². The van der Waals surface area contributed by atoms with E-state index in [-0.39, 0.29) is 5.56 Å². The van der Waals surface area contributed by atoms with Gasteiger partial charge in [-0.15, -0.1) is 15.3 Å². The van der Waals surface area contributed by atoms with Crippen LogP contribution in [0.1, 0.15) is 42.1 Å². The highest BCUT2D eigenvalue weighted by molar-refractivity contribution is 5.45. The first kappa shape index (κ1) is 14.0. The summed E-state index contributed by atoms with van der Waals surface area (Å²) in [5.41, 5.74) is 1.69. The number of benzene rings is 1. The van der Waals surface area contributed by atoms with Crippen LogP contribution in [0.25, 0.3) is 5.65 Å². The summed E-state index contributed by atoms with van der Waals surface area (Å²) in [4.78, 5) is 0. The standard InChI is InChI=1S/C16H15F2N5/c17-15(18)11-3-1-10(2-4-11)9-19-13-7-8-14-20-21-16(12-5-6-12)23(14)22-13/h1-4,7-8,12,15H,5-6,9H2,(H,19,22). The van der Waals surface area contributed by atoms with Crippen molar-refractivity contribution in [3.63, 3.8) is 0 Å². The van der Waals surface area contributed by atoms with Gasteiger partial charge in [-0.3, -0.25) is 0 Å². The first-order valence-corrected chi connectivity index (χ1v) is 7.54. The van der Waals surface area contributed by atoms with Crippen LogP contribution in [-0.4, -0.2) is 19.8 Å². The third-order valence-electron chi connectivity index (χ3n) is 3.93. The minimum Gasteiger partial charge on any atom is -0.365 e. The van der Waals surface area contributed by atoms with E-state index in [1.165, 1.54) is 12.1 Å². The van der Waals surface area contributed by atoms with Crippen molar-refractivity contribution in [2.24, 2.45) is 0 Å². The Morgan fingerprint density at radius 2 is 1.87 bits per heavy atom. The van der Waals surface area contributed by atoms with Crippen molar-refractivity contribution < 1.29 is 8.78 Å². The predicted octanol–water partition coefficient (Wildman–Crippen LogP) is 3.55. The average molecular weight is 315 g/mol. The number of fused-ring (bicyclic) bond motifs is 1. The van der Waals surface area contributed by atoms with E-state index >= 15 is 0 Å². The summed E-state index contributed by atoms with van der Waals surface area (Å²) in [5.74, 6) is 2.08. The zero-order valence-electron chi connectivity index (χ0n) is 12.3. The summed E-state index contributed by atoms with van der Waals surface area (Å²) in [6, 6.07) is 10.00. The Morgan fingerprint density at radius 3 is 2.57 bits per heavy atom. The number of rotatable bonds is 5. The molecule has 0 atom stereocenters. The number of hydrogen-bond donors (Lipinski definition) is 1. The van der Waals surface area contributed by atoms with Crippen molar-refractivity contribution in [2.45, 2.75) is 31.7 Å². The summed E-state index contributed by atoms with van der Waals surface area (Å²) < 4.78 is 26.8.